The van der Waals surface area contributed by atoms with Crippen LogP contribution in [-0.2, 0) is 16.8 Å². The Balaban J connectivity index is 2.08. The number of amides is 1. The summed E-state index contributed by atoms with van der Waals surface area (Å²) in [4.78, 5) is 13.2. The second kappa shape index (κ2) is 3.24. The quantitative estimate of drug-likeness (QED) is 0.667. The normalized spacial score (nSPS) is 28.1. The second-order valence-electron chi connectivity index (χ2n) is 4.73. The summed E-state index contributed by atoms with van der Waals surface area (Å²) in [5, 5.41) is 0. The molecule has 0 N–H and O–H groups in total. The summed E-state index contributed by atoms with van der Waals surface area (Å²) >= 11 is 0. The molecule has 3 nitrogen and oxygen atoms in total. The van der Waals surface area contributed by atoms with Gasteiger partial charge in [0.15, 0.2) is 5.60 Å². The lowest BCUT2D eigenvalue weighted by Gasteiger charge is -2.33. The predicted octanol–water partition coefficient (Wildman–Crippen LogP) is 2.30. The van der Waals surface area contributed by atoms with Crippen LogP contribution >= 0.6 is 0 Å². The van der Waals surface area contributed by atoms with Crippen molar-refractivity contribution < 1.29 is 9.53 Å². The Kier molecular flexibility index (Phi) is 1.96. The van der Waals surface area contributed by atoms with Gasteiger partial charge in [0.25, 0.3) is 0 Å². The van der Waals surface area contributed by atoms with E-state index >= 15 is 0 Å². The van der Waals surface area contributed by atoms with Crippen LogP contribution in [-0.4, -0.2) is 24.6 Å². The topological polar surface area (TPSA) is 29.5 Å². The number of hydrogen-bond donors (Lipinski definition) is 0. The summed E-state index contributed by atoms with van der Waals surface area (Å²) in [6.07, 6.45) is 2.94. The Morgan fingerprint density at radius 1 is 1.38 bits per heavy atom. The molecule has 1 aromatic rings. The molecular weight excluding hydrogens is 202 g/mol. The zero-order valence-electron chi connectivity index (χ0n) is 9.40. The molecule has 1 aliphatic carbocycles. The molecule has 1 unspecified atom stereocenters. The number of hydrogen-bond acceptors (Lipinski definition) is 2. The van der Waals surface area contributed by atoms with Crippen molar-refractivity contribution in [3.8, 4) is 0 Å². The van der Waals surface area contributed by atoms with Gasteiger partial charge in [-0.05, 0) is 24.8 Å². The van der Waals surface area contributed by atoms with Crippen molar-refractivity contribution in [2.24, 2.45) is 0 Å². The highest BCUT2D eigenvalue weighted by Gasteiger charge is 2.47. The van der Waals surface area contributed by atoms with Crippen LogP contribution in [0.1, 0.15) is 24.0 Å². The van der Waals surface area contributed by atoms with E-state index in [4.69, 9.17) is 4.74 Å². The van der Waals surface area contributed by atoms with Crippen LogP contribution < -0.4 is 0 Å². The Bertz CT molecular complexity index is 443. The molecule has 1 fully saturated rings. The second-order valence-corrected chi connectivity index (χ2v) is 4.73. The Morgan fingerprint density at radius 3 is 2.94 bits per heavy atom. The van der Waals surface area contributed by atoms with Crippen molar-refractivity contribution in [2.45, 2.75) is 24.9 Å². The Labute approximate surface area is 95.0 Å². The van der Waals surface area contributed by atoms with Gasteiger partial charge in [-0.2, -0.15) is 0 Å². The molecule has 1 atom stereocenters. The third-order valence-electron chi connectivity index (χ3n) is 3.62. The average molecular weight is 217 g/mol. The van der Waals surface area contributed by atoms with E-state index in [1.54, 1.807) is 11.9 Å². The molecule has 0 bridgehead atoms. The maximum atomic E-state index is 11.6. The third-order valence-corrected chi connectivity index (χ3v) is 3.62. The standard InChI is InChI=1S/C13H15NO2/c1-14-9-13(16-12(14)15)8-4-6-10-5-2-3-7-11(10)13/h2-3,5,7H,4,6,8-9H2,1H3. The van der Waals surface area contributed by atoms with Crippen LogP contribution in [0.15, 0.2) is 24.3 Å². The van der Waals surface area contributed by atoms with Crippen LogP contribution in [0.25, 0.3) is 0 Å². The molecule has 0 aromatic heterocycles. The van der Waals surface area contributed by atoms with Crippen molar-refractivity contribution in [3.05, 3.63) is 35.4 Å². The monoisotopic (exact) mass is 217 g/mol. The van der Waals surface area contributed by atoms with Crippen LogP contribution in [0.4, 0.5) is 4.79 Å². The van der Waals surface area contributed by atoms with E-state index in [0.29, 0.717) is 6.54 Å². The minimum absolute atomic E-state index is 0.197. The lowest BCUT2D eigenvalue weighted by molar-refractivity contribution is 0.0396. The van der Waals surface area contributed by atoms with Gasteiger partial charge in [0, 0.05) is 12.6 Å². The van der Waals surface area contributed by atoms with E-state index in [2.05, 4.69) is 18.2 Å². The molecule has 1 spiro atoms. The lowest BCUT2D eigenvalue weighted by atomic mass is 9.79. The molecule has 16 heavy (non-hydrogen) atoms. The van der Waals surface area contributed by atoms with Gasteiger partial charge in [0.1, 0.15) is 0 Å². The third kappa shape index (κ3) is 1.24. The van der Waals surface area contributed by atoms with Crippen molar-refractivity contribution in [1.82, 2.24) is 4.90 Å². The molecule has 1 heterocycles. The van der Waals surface area contributed by atoms with Crippen LogP contribution in [0.2, 0.25) is 0 Å². The molecule has 1 aliphatic heterocycles. The average Bonchev–Trinajstić information content (AvgIpc) is 2.56. The van der Waals surface area contributed by atoms with E-state index < -0.39 is 0 Å². The van der Waals surface area contributed by atoms with Crippen LogP contribution in [0, 0.1) is 0 Å². The number of nitrogens with zero attached hydrogens (tertiary/aromatic N) is 1. The summed E-state index contributed by atoms with van der Waals surface area (Å²) in [5.74, 6) is 0. The van der Waals surface area contributed by atoms with Gasteiger partial charge in [-0.1, -0.05) is 24.3 Å². The molecule has 0 radical (unpaired) electrons. The minimum Gasteiger partial charge on any atom is -0.436 e. The fourth-order valence-electron chi connectivity index (χ4n) is 2.88. The fourth-order valence-corrected chi connectivity index (χ4v) is 2.88. The zero-order chi connectivity index (χ0) is 11.2. The summed E-state index contributed by atoms with van der Waals surface area (Å²) < 4.78 is 5.62. The number of carbonyl (C=O) groups excluding carboxylic acids is 1. The first-order chi connectivity index (χ1) is 7.71. The molecular formula is C13H15NO2. The van der Waals surface area contributed by atoms with Crippen LogP contribution in [0.5, 0.6) is 0 Å². The van der Waals surface area contributed by atoms with Gasteiger partial charge in [-0.15, -0.1) is 0 Å². The number of benzene rings is 1. The first-order valence-electron chi connectivity index (χ1n) is 5.74. The maximum absolute atomic E-state index is 11.6. The lowest BCUT2D eigenvalue weighted by Crippen LogP contribution is -2.34. The number of fused-ring (bicyclic) bond motifs is 2. The first kappa shape index (κ1) is 9.70. The fraction of sp³-hybridized carbons (Fsp3) is 0.462. The van der Waals surface area contributed by atoms with E-state index in [1.807, 2.05) is 6.07 Å². The number of ether oxygens (including phenoxy) is 1. The minimum atomic E-state index is -0.374. The van der Waals surface area contributed by atoms with Gasteiger partial charge >= 0.3 is 6.09 Å². The van der Waals surface area contributed by atoms with E-state index in [9.17, 15) is 4.79 Å². The number of carbonyl (C=O) groups is 1. The molecule has 1 saturated heterocycles. The number of aryl methyl sites for hydroxylation is 1. The Hall–Kier alpha value is -1.51. The maximum Gasteiger partial charge on any atom is 0.410 e. The van der Waals surface area contributed by atoms with Crippen LogP contribution in [0.3, 0.4) is 0 Å². The Morgan fingerprint density at radius 2 is 2.19 bits per heavy atom. The molecule has 1 amide bonds. The van der Waals surface area contributed by atoms with Crippen molar-refractivity contribution in [2.75, 3.05) is 13.6 Å². The molecule has 1 aromatic carbocycles. The van der Waals surface area contributed by atoms with E-state index in [-0.39, 0.29) is 11.7 Å². The summed E-state index contributed by atoms with van der Waals surface area (Å²) in [7, 11) is 1.80. The first-order valence-corrected chi connectivity index (χ1v) is 5.74. The summed E-state index contributed by atoms with van der Waals surface area (Å²) in [5.41, 5.74) is 2.16. The number of rotatable bonds is 0. The molecule has 3 heteroatoms. The van der Waals surface area contributed by atoms with Gasteiger partial charge in [-0.3, -0.25) is 0 Å². The SMILES string of the molecule is CN1CC2(CCCc3ccccc32)OC1=O. The molecule has 3 rings (SSSR count). The molecule has 84 valence electrons. The van der Waals surface area contributed by atoms with Gasteiger partial charge in [0.2, 0.25) is 0 Å². The van der Waals surface area contributed by atoms with Gasteiger partial charge < -0.3 is 9.64 Å². The van der Waals surface area contributed by atoms with Crippen molar-refractivity contribution in [1.29, 1.82) is 0 Å². The molecule has 2 aliphatic rings. The molecule has 0 saturated carbocycles. The number of likely N-dealkylation sites (N-methyl/N-ethyl adjacent to an activating group) is 1. The van der Waals surface area contributed by atoms with Crippen molar-refractivity contribution in [3.63, 3.8) is 0 Å². The predicted molar refractivity (Wildman–Crippen MR) is 60.2 cm³/mol. The zero-order valence-corrected chi connectivity index (χ0v) is 9.40. The summed E-state index contributed by atoms with van der Waals surface area (Å²) in [6, 6.07) is 8.32. The summed E-state index contributed by atoms with van der Waals surface area (Å²) in [6.45, 7) is 0.683. The highest BCUT2D eigenvalue weighted by Crippen LogP contribution is 2.42. The van der Waals surface area contributed by atoms with E-state index in [1.165, 1.54) is 11.1 Å². The van der Waals surface area contributed by atoms with Gasteiger partial charge in [-0.25, -0.2) is 4.79 Å². The smallest absolute Gasteiger partial charge is 0.410 e. The highest BCUT2D eigenvalue weighted by atomic mass is 16.6. The van der Waals surface area contributed by atoms with E-state index in [0.717, 1.165) is 19.3 Å². The largest absolute Gasteiger partial charge is 0.436 e. The van der Waals surface area contributed by atoms with Crippen molar-refractivity contribution >= 4 is 6.09 Å². The van der Waals surface area contributed by atoms with Gasteiger partial charge in [0.05, 0.1) is 6.54 Å². The highest BCUT2D eigenvalue weighted by molar-refractivity contribution is 5.71.